The van der Waals surface area contributed by atoms with Gasteiger partial charge in [-0.25, -0.2) is 0 Å². The lowest BCUT2D eigenvalue weighted by Crippen LogP contribution is -2.53. The van der Waals surface area contributed by atoms with Crippen LogP contribution in [0.4, 0.5) is 0 Å². The zero-order valence-electron chi connectivity index (χ0n) is 13.8. The quantitative estimate of drug-likeness (QED) is 0.835. The minimum atomic E-state index is 0.296. The van der Waals surface area contributed by atoms with Crippen LogP contribution in [0.1, 0.15) is 31.4 Å². The number of nitrogens with zero attached hydrogens (tertiary/aromatic N) is 1. The first-order valence-corrected chi connectivity index (χ1v) is 8.36. The van der Waals surface area contributed by atoms with Crippen molar-refractivity contribution >= 4 is 0 Å². The van der Waals surface area contributed by atoms with E-state index >= 15 is 0 Å². The summed E-state index contributed by atoms with van der Waals surface area (Å²) in [5.74, 6) is 0. The molecule has 1 N–H and O–H groups in total. The Kier molecular flexibility index (Phi) is 6.68. The van der Waals surface area contributed by atoms with Crippen molar-refractivity contribution in [3.8, 4) is 0 Å². The van der Waals surface area contributed by atoms with Gasteiger partial charge in [-0.1, -0.05) is 38.1 Å². The molecule has 1 aliphatic heterocycles. The number of ether oxygens (including phenoxy) is 1. The Morgan fingerprint density at radius 2 is 2.14 bits per heavy atom. The minimum Gasteiger partial charge on any atom is -0.374 e. The van der Waals surface area contributed by atoms with E-state index in [4.69, 9.17) is 4.74 Å². The summed E-state index contributed by atoms with van der Waals surface area (Å²) < 4.78 is 6.08. The van der Waals surface area contributed by atoms with E-state index in [1.165, 1.54) is 24.1 Å². The molecule has 2 rings (SSSR count). The molecule has 3 heteroatoms. The predicted molar refractivity (Wildman–Crippen MR) is 88.8 cm³/mol. The zero-order chi connectivity index (χ0) is 15.1. The Balaban J connectivity index is 2.02. The molecule has 3 nitrogen and oxygen atoms in total. The highest BCUT2D eigenvalue weighted by molar-refractivity contribution is 5.26. The van der Waals surface area contributed by atoms with Gasteiger partial charge in [0.25, 0.3) is 0 Å². The van der Waals surface area contributed by atoms with E-state index in [-0.39, 0.29) is 0 Å². The Morgan fingerprint density at radius 1 is 1.33 bits per heavy atom. The lowest BCUT2D eigenvalue weighted by molar-refractivity contribution is -0.0459. The van der Waals surface area contributed by atoms with Crippen molar-refractivity contribution in [2.45, 2.75) is 45.8 Å². The summed E-state index contributed by atoms with van der Waals surface area (Å²) in [5.41, 5.74) is 2.81. The van der Waals surface area contributed by atoms with Gasteiger partial charge in [0, 0.05) is 19.1 Å². The molecule has 0 saturated carbocycles. The van der Waals surface area contributed by atoms with Crippen LogP contribution in [0, 0.1) is 6.92 Å². The molecule has 2 atom stereocenters. The molecule has 1 aromatic rings. The molecule has 1 fully saturated rings. The smallest absolute Gasteiger partial charge is 0.0858 e. The number of morpholine rings is 1. The molecule has 0 radical (unpaired) electrons. The van der Waals surface area contributed by atoms with E-state index in [1.54, 1.807) is 0 Å². The molecule has 21 heavy (non-hydrogen) atoms. The van der Waals surface area contributed by atoms with Gasteiger partial charge >= 0.3 is 0 Å². The van der Waals surface area contributed by atoms with Gasteiger partial charge in [-0.3, -0.25) is 4.90 Å². The number of hydrogen-bond donors (Lipinski definition) is 1. The summed E-state index contributed by atoms with van der Waals surface area (Å²) in [4.78, 5) is 2.54. The normalized spacial score (nSPS) is 21.4. The van der Waals surface area contributed by atoms with Crippen LogP contribution in [0.5, 0.6) is 0 Å². The average molecular weight is 290 g/mol. The van der Waals surface area contributed by atoms with E-state index in [0.29, 0.717) is 12.1 Å². The second-order valence-corrected chi connectivity index (χ2v) is 6.00. The molecule has 1 aromatic carbocycles. The number of benzene rings is 1. The topological polar surface area (TPSA) is 24.5 Å². The largest absolute Gasteiger partial charge is 0.374 e. The molecular formula is C18H30N2O. The highest BCUT2D eigenvalue weighted by atomic mass is 16.5. The number of likely N-dealkylation sites (N-methyl/N-ethyl adjacent to an activating group) is 1. The van der Waals surface area contributed by atoms with Gasteiger partial charge in [-0.15, -0.1) is 0 Å². The minimum absolute atomic E-state index is 0.296. The first-order chi connectivity index (χ1) is 10.2. The van der Waals surface area contributed by atoms with Gasteiger partial charge in [0.05, 0.1) is 12.7 Å². The van der Waals surface area contributed by atoms with Crippen LogP contribution in [-0.4, -0.2) is 49.8 Å². The molecule has 1 heterocycles. The van der Waals surface area contributed by atoms with Gasteiger partial charge in [-0.2, -0.15) is 0 Å². The summed E-state index contributed by atoms with van der Waals surface area (Å²) in [7, 11) is 0. The van der Waals surface area contributed by atoms with Crippen molar-refractivity contribution in [2.24, 2.45) is 0 Å². The zero-order valence-corrected chi connectivity index (χ0v) is 13.8. The summed E-state index contributed by atoms with van der Waals surface area (Å²) in [6, 6.07) is 9.09. The van der Waals surface area contributed by atoms with E-state index in [1.807, 2.05) is 0 Å². The van der Waals surface area contributed by atoms with Gasteiger partial charge in [0.15, 0.2) is 0 Å². The molecule has 0 aromatic heterocycles. The lowest BCUT2D eigenvalue weighted by atomic mass is 9.96. The molecule has 0 spiro atoms. The van der Waals surface area contributed by atoms with E-state index < -0.39 is 0 Å². The fourth-order valence-corrected chi connectivity index (χ4v) is 3.17. The summed E-state index contributed by atoms with van der Waals surface area (Å²) in [5, 5.41) is 3.64. The molecule has 0 bridgehead atoms. The third-order valence-electron chi connectivity index (χ3n) is 4.33. The third-order valence-corrected chi connectivity index (χ3v) is 4.33. The standard InChI is InChI=1S/C18H30N2O/c1-4-10-20-11-12-21-18(14-20)17(19-5-2)13-16-9-7-6-8-15(16)3/h6-9,17-19H,4-5,10-14H2,1-3H3. The molecule has 0 aliphatic carbocycles. The van der Waals surface area contributed by atoms with Crippen LogP contribution in [-0.2, 0) is 11.2 Å². The van der Waals surface area contributed by atoms with Crippen molar-refractivity contribution in [3.05, 3.63) is 35.4 Å². The number of nitrogens with one attached hydrogen (secondary N) is 1. The van der Waals surface area contributed by atoms with Gasteiger partial charge in [0.2, 0.25) is 0 Å². The molecule has 1 saturated heterocycles. The Bertz CT molecular complexity index is 419. The lowest BCUT2D eigenvalue weighted by Gasteiger charge is -2.37. The monoisotopic (exact) mass is 290 g/mol. The highest BCUT2D eigenvalue weighted by Gasteiger charge is 2.27. The van der Waals surface area contributed by atoms with E-state index in [9.17, 15) is 0 Å². The average Bonchev–Trinajstić information content (AvgIpc) is 2.49. The SMILES string of the molecule is CCCN1CCOC(C(Cc2ccccc2C)NCC)C1. The third kappa shape index (κ3) is 4.80. The summed E-state index contributed by atoms with van der Waals surface area (Å²) >= 11 is 0. The van der Waals surface area contributed by atoms with Crippen LogP contribution in [0.3, 0.4) is 0 Å². The predicted octanol–water partition coefficient (Wildman–Crippen LogP) is 2.63. The first kappa shape index (κ1) is 16.5. The number of hydrogen-bond acceptors (Lipinski definition) is 3. The van der Waals surface area contributed by atoms with Gasteiger partial charge in [0.1, 0.15) is 0 Å². The van der Waals surface area contributed by atoms with Gasteiger partial charge in [-0.05, 0) is 44.0 Å². The molecule has 0 amide bonds. The van der Waals surface area contributed by atoms with Crippen LogP contribution in [0.2, 0.25) is 0 Å². The van der Waals surface area contributed by atoms with Crippen molar-refractivity contribution < 1.29 is 4.74 Å². The number of aryl methyl sites for hydroxylation is 1. The summed E-state index contributed by atoms with van der Waals surface area (Å²) in [6.07, 6.45) is 2.56. The van der Waals surface area contributed by atoms with Crippen molar-refractivity contribution in [1.29, 1.82) is 0 Å². The van der Waals surface area contributed by atoms with Crippen LogP contribution in [0.15, 0.2) is 24.3 Å². The van der Waals surface area contributed by atoms with E-state index in [2.05, 4.69) is 55.3 Å². The van der Waals surface area contributed by atoms with Crippen LogP contribution < -0.4 is 5.32 Å². The Morgan fingerprint density at radius 3 is 2.86 bits per heavy atom. The first-order valence-electron chi connectivity index (χ1n) is 8.36. The van der Waals surface area contributed by atoms with Crippen molar-refractivity contribution in [1.82, 2.24) is 10.2 Å². The summed E-state index contributed by atoms with van der Waals surface area (Å²) in [6.45, 7) is 11.8. The van der Waals surface area contributed by atoms with Crippen molar-refractivity contribution in [2.75, 3.05) is 32.8 Å². The second-order valence-electron chi connectivity index (χ2n) is 6.00. The highest BCUT2D eigenvalue weighted by Crippen LogP contribution is 2.16. The maximum Gasteiger partial charge on any atom is 0.0858 e. The fraction of sp³-hybridized carbons (Fsp3) is 0.667. The molecule has 2 unspecified atom stereocenters. The van der Waals surface area contributed by atoms with Crippen molar-refractivity contribution in [3.63, 3.8) is 0 Å². The van der Waals surface area contributed by atoms with E-state index in [0.717, 1.165) is 32.7 Å². The molecule has 1 aliphatic rings. The molecule has 118 valence electrons. The Labute approximate surface area is 129 Å². The molecular weight excluding hydrogens is 260 g/mol. The van der Waals surface area contributed by atoms with Gasteiger partial charge < -0.3 is 10.1 Å². The maximum absolute atomic E-state index is 6.08. The number of rotatable bonds is 7. The van der Waals surface area contributed by atoms with Crippen LogP contribution >= 0.6 is 0 Å². The maximum atomic E-state index is 6.08. The van der Waals surface area contributed by atoms with Crippen LogP contribution in [0.25, 0.3) is 0 Å². The second kappa shape index (κ2) is 8.52. The Hall–Kier alpha value is -0.900. The fourth-order valence-electron chi connectivity index (χ4n) is 3.17.